The maximum absolute atomic E-state index is 10.7. The monoisotopic (exact) mass is 203 g/mol. The third kappa shape index (κ3) is 1.35. The Morgan fingerprint density at radius 2 is 2.36 bits per heavy atom. The van der Waals surface area contributed by atoms with E-state index in [1.807, 2.05) is 0 Å². The molecule has 0 bridgehead atoms. The van der Waals surface area contributed by atoms with E-state index < -0.39 is 11.8 Å². The molecule has 2 aliphatic heterocycles. The van der Waals surface area contributed by atoms with Gasteiger partial charge in [0.25, 0.3) is 0 Å². The average molecular weight is 203 g/mol. The van der Waals surface area contributed by atoms with Crippen LogP contribution in [0.25, 0.3) is 0 Å². The number of hydrogen-bond acceptors (Lipinski definition) is 6. The Morgan fingerprint density at radius 1 is 1.57 bits per heavy atom. The molecule has 2 rings (SSSR count). The number of ether oxygens (including phenoxy) is 4. The van der Waals surface area contributed by atoms with E-state index in [0.29, 0.717) is 6.61 Å². The van der Waals surface area contributed by atoms with Gasteiger partial charge in [-0.3, -0.25) is 0 Å². The molecule has 2 fully saturated rings. The molecule has 2 aliphatic rings. The molecule has 2 heterocycles. The molecule has 0 unspecified atom stereocenters. The predicted octanol–water partition coefficient (Wildman–Crippen LogP) is 0.256. The van der Waals surface area contributed by atoms with E-state index in [1.54, 1.807) is 14.0 Å². The summed E-state index contributed by atoms with van der Waals surface area (Å²) in [6.07, 6.45) is -0.951. The van der Waals surface area contributed by atoms with E-state index in [2.05, 4.69) is 5.18 Å². The molecule has 0 aromatic carbocycles. The highest BCUT2D eigenvalue weighted by Crippen LogP contribution is 2.39. The largest absolute Gasteiger partial charge is 0.382 e. The molecule has 0 aliphatic carbocycles. The lowest BCUT2D eigenvalue weighted by molar-refractivity contribution is -0.128. The Bertz CT molecular complexity index is 236. The topological polar surface area (TPSA) is 66.4 Å². The van der Waals surface area contributed by atoms with Crippen LogP contribution in [0.3, 0.4) is 0 Å². The molecule has 14 heavy (non-hydrogen) atoms. The second-order valence-corrected chi connectivity index (χ2v) is 3.59. The van der Waals surface area contributed by atoms with E-state index in [9.17, 15) is 4.91 Å². The SMILES string of the molecule is COC[C@H]1O[C@](C)(N=O)[C@@H]2OCO[C@@H]21. The van der Waals surface area contributed by atoms with Crippen LogP contribution in [0.1, 0.15) is 6.92 Å². The van der Waals surface area contributed by atoms with Gasteiger partial charge in [0.1, 0.15) is 25.1 Å². The van der Waals surface area contributed by atoms with E-state index >= 15 is 0 Å². The van der Waals surface area contributed by atoms with Crippen LogP contribution in [-0.4, -0.2) is 44.5 Å². The van der Waals surface area contributed by atoms with Crippen LogP contribution >= 0.6 is 0 Å². The molecule has 0 N–H and O–H groups in total. The second-order valence-electron chi connectivity index (χ2n) is 3.59. The second kappa shape index (κ2) is 3.54. The fourth-order valence-electron chi connectivity index (χ4n) is 1.94. The average Bonchev–Trinajstić information content (AvgIpc) is 2.72. The van der Waals surface area contributed by atoms with Gasteiger partial charge in [0.05, 0.1) is 6.61 Å². The molecule has 0 spiro atoms. The first kappa shape index (κ1) is 9.97. The molecule has 6 heteroatoms. The van der Waals surface area contributed by atoms with Crippen LogP contribution in [0.15, 0.2) is 5.18 Å². The van der Waals surface area contributed by atoms with Gasteiger partial charge >= 0.3 is 0 Å². The molecular formula is C8H13NO5. The Morgan fingerprint density at radius 3 is 3.00 bits per heavy atom. The lowest BCUT2D eigenvalue weighted by atomic mass is 10.1. The number of nitrogens with zero attached hydrogens (tertiary/aromatic N) is 1. The molecule has 0 amide bonds. The van der Waals surface area contributed by atoms with Gasteiger partial charge in [-0.1, -0.05) is 0 Å². The Hall–Kier alpha value is -0.560. The number of nitroso groups, excluding NO2 is 1. The van der Waals surface area contributed by atoms with Crippen molar-refractivity contribution in [2.75, 3.05) is 20.5 Å². The van der Waals surface area contributed by atoms with Gasteiger partial charge in [0, 0.05) is 7.11 Å². The van der Waals surface area contributed by atoms with Crippen LogP contribution in [0, 0.1) is 4.91 Å². The van der Waals surface area contributed by atoms with Crippen molar-refractivity contribution in [3.8, 4) is 0 Å². The van der Waals surface area contributed by atoms with Crippen molar-refractivity contribution in [3.05, 3.63) is 4.91 Å². The van der Waals surface area contributed by atoms with E-state index in [0.717, 1.165) is 0 Å². The van der Waals surface area contributed by atoms with Crippen molar-refractivity contribution in [3.63, 3.8) is 0 Å². The maximum atomic E-state index is 10.7. The van der Waals surface area contributed by atoms with Crippen molar-refractivity contribution in [1.29, 1.82) is 0 Å². The van der Waals surface area contributed by atoms with E-state index in [-0.39, 0.29) is 19.0 Å². The van der Waals surface area contributed by atoms with Gasteiger partial charge < -0.3 is 18.9 Å². The number of fused-ring (bicyclic) bond motifs is 1. The zero-order chi connectivity index (χ0) is 10.2. The highest BCUT2D eigenvalue weighted by molar-refractivity contribution is 5.01. The van der Waals surface area contributed by atoms with Crippen LogP contribution < -0.4 is 0 Å². The quantitative estimate of drug-likeness (QED) is 0.615. The van der Waals surface area contributed by atoms with Gasteiger partial charge in [-0.05, 0) is 12.1 Å². The predicted molar refractivity (Wildman–Crippen MR) is 45.6 cm³/mol. The summed E-state index contributed by atoms with van der Waals surface area (Å²) in [7, 11) is 1.57. The molecule has 0 aromatic heterocycles. The molecule has 0 aromatic rings. The molecule has 6 nitrogen and oxygen atoms in total. The number of rotatable bonds is 3. The first-order valence-corrected chi connectivity index (χ1v) is 4.46. The third-order valence-electron chi connectivity index (χ3n) is 2.60. The minimum Gasteiger partial charge on any atom is -0.382 e. The molecule has 0 radical (unpaired) electrons. The molecule has 2 saturated heterocycles. The Balaban J connectivity index is 2.15. The summed E-state index contributed by atoms with van der Waals surface area (Å²) in [6, 6.07) is 0. The maximum Gasteiger partial charge on any atom is 0.226 e. The zero-order valence-corrected chi connectivity index (χ0v) is 8.13. The fraction of sp³-hybridized carbons (Fsp3) is 1.00. The number of hydrogen-bond donors (Lipinski definition) is 0. The van der Waals surface area contributed by atoms with Gasteiger partial charge in [-0.15, -0.1) is 4.91 Å². The molecule has 4 atom stereocenters. The standard InChI is InChI=1S/C8H13NO5/c1-8(9-10)7-6(12-4-13-7)5(14-8)3-11-2/h5-7H,3-4H2,1-2H3/t5-,6-,7-,8+/m1/s1. The Kier molecular flexibility index (Phi) is 2.52. The lowest BCUT2D eigenvalue weighted by Crippen LogP contribution is -2.37. The Labute approximate surface area is 81.4 Å². The van der Waals surface area contributed by atoms with Gasteiger partial charge in [0.2, 0.25) is 5.72 Å². The highest BCUT2D eigenvalue weighted by atomic mass is 16.8. The molecule has 80 valence electrons. The highest BCUT2D eigenvalue weighted by Gasteiger charge is 2.58. The van der Waals surface area contributed by atoms with Crippen LogP contribution in [0.4, 0.5) is 0 Å². The summed E-state index contributed by atoms with van der Waals surface area (Å²) in [5, 5.41) is 2.96. The number of methoxy groups -OCH3 is 1. The lowest BCUT2D eigenvalue weighted by Gasteiger charge is -2.19. The first-order valence-electron chi connectivity index (χ1n) is 4.46. The minimum absolute atomic E-state index is 0.185. The molecule has 0 saturated carbocycles. The normalized spacial score (nSPS) is 46.6. The van der Waals surface area contributed by atoms with Crippen LogP contribution in [0.2, 0.25) is 0 Å². The first-order chi connectivity index (χ1) is 6.71. The third-order valence-corrected chi connectivity index (χ3v) is 2.60. The zero-order valence-electron chi connectivity index (χ0n) is 8.13. The van der Waals surface area contributed by atoms with E-state index in [1.165, 1.54) is 0 Å². The van der Waals surface area contributed by atoms with Crippen LogP contribution in [-0.2, 0) is 18.9 Å². The van der Waals surface area contributed by atoms with Crippen molar-refractivity contribution in [2.45, 2.75) is 31.0 Å². The van der Waals surface area contributed by atoms with Crippen molar-refractivity contribution < 1.29 is 18.9 Å². The van der Waals surface area contributed by atoms with Crippen molar-refractivity contribution in [2.24, 2.45) is 5.18 Å². The van der Waals surface area contributed by atoms with Crippen molar-refractivity contribution in [1.82, 2.24) is 0 Å². The van der Waals surface area contributed by atoms with Gasteiger partial charge in [-0.25, -0.2) is 0 Å². The fourth-order valence-corrected chi connectivity index (χ4v) is 1.94. The smallest absolute Gasteiger partial charge is 0.226 e. The molecular weight excluding hydrogens is 190 g/mol. The summed E-state index contributed by atoms with van der Waals surface area (Å²) < 4.78 is 21.0. The summed E-state index contributed by atoms with van der Waals surface area (Å²) in [5.74, 6) is 0. The van der Waals surface area contributed by atoms with Crippen LogP contribution in [0.5, 0.6) is 0 Å². The summed E-state index contributed by atoms with van der Waals surface area (Å²) in [6.45, 7) is 2.15. The van der Waals surface area contributed by atoms with E-state index in [4.69, 9.17) is 18.9 Å². The van der Waals surface area contributed by atoms with Crippen molar-refractivity contribution >= 4 is 0 Å². The van der Waals surface area contributed by atoms with Gasteiger partial charge in [0.15, 0.2) is 0 Å². The minimum atomic E-state index is -1.15. The van der Waals surface area contributed by atoms with Gasteiger partial charge in [-0.2, -0.15) is 0 Å². The summed E-state index contributed by atoms with van der Waals surface area (Å²) in [4.78, 5) is 10.7. The summed E-state index contributed by atoms with van der Waals surface area (Å²) >= 11 is 0. The summed E-state index contributed by atoms with van der Waals surface area (Å²) in [5.41, 5.74) is -1.15.